The number of benzene rings is 4. The lowest BCUT2D eigenvalue weighted by atomic mass is 9.69. The molecule has 4 aromatic carbocycles. The van der Waals surface area contributed by atoms with Gasteiger partial charge in [0, 0.05) is 22.1 Å². The summed E-state index contributed by atoms with van der Waals surface area (Å²) in [4.78, 5) is 14.9. The molecule has 41 heavy (non-hydrogen) atoms. The molecule has 0 amide bonds. The average Bonchev–Trinajstić information content (AvgIpc) is 3.18. The van der Waals surface area contributed by atoms with E-state index in [4.69, 9.17) is 15.0 Å². The van der Waals surface area contributed by atoms with E-state index in [9.17, 15) is 5.26 Å². The van der Waals surface area contributed by atoms with Crippen LogP contribution >= 0.6 is 0 Å². The van der Waals surface area contributed by atoms with Gasteiger partial charge in [-0.1, -0.05) is 112 Å². The van der Waals surface area contributed by atoms with Crippen LogP contribution in [-0.4, -0.2) is 15.0 Å². The molecule has 1 heterocycles. The third kappa shape index (κ3) is 5.25. The highest BCUT2D eigenvalue weighted by Gasteiger charge is 2.36. The van der Waals surface area contributed by atoms with Gasteiger partial charge in [-0.05, 0) is 59.6 Å². The zero-order valence-corrected chi connectivity index (χ0v) is 24.1. The normalized spacial score (nSPS) is 20.8. The van der Waals surface area contributed by atoms with Gasteiger partial charge >= 0.3 is 0 Å². The second-order valence-corrected chi connectivity index (χ2v) is 11.9. The molecule has 5 aromatic rings. The highest BCUT2D eigenvalue weighted by atomic mass is 15.0. The Labute approximate surface area is 243 Å². The number of nitriles is 1. The van der Waals surface area contributed by atoms with Gasteiger partial charge < -0.3 is 0 Å². The third-order valence-corrected chi connectivity index (χ3v) is 9.02. The minimum Gasteiger partial charge on any atom is -0.208 e. The third-order valence-electron chi connectivity index (χ3n) is 9.02. The predicted molar refractivity (Wildman–Crippen MR) is 167 cm³/mol. The Balaban J connectivity index is 1.47. The van der Waals surface area contributed by atoms with Gasteiger partial charge in [0.2, 0.25) is 0 Å². The van der Waals surface area contributed by atoms with Crippen molar-refractivity contribution < 1.29 is 0 Å². The second kappa shape index (κ2) is 11.3. The Bertz CT molecular complexity index is 1700. The van der Waals surface area contributed by atoms with Crippen molar-refractivity contribution in [2.24, 2.45) is 11.8 Å². The fourth-order valence-corrected chi connectivity index (χ4v) is 6.83. The summed E-state index contributed by atoms with van der Waals surface area (Å²) in [5.41, 5.74) is 5.11. The zero-order chi connectivity index (χ0) is 28.4. The smallest absolute Gasteiger partial charge is 0.164 e. The molecule has 0 N–H and O–H groups in total. The fraction of sp³-hybridized carbons (Fsp3) is 0.297. The van der Waals surface area contributed by atoms with Crippen LogP contribution in [0.1, 0.15) is 64.0 Å². The molecule has 0 aliphatic heterocycles. The molecule has 0 saturated heterocycles. The van der Waals surface area contributed by atoms with Crippen molar-refractivity contribution in [3.63, 3.8) is 0 Å². The minimum atomic E-state index is 0.217. The molecular weight excluding hydrogens is 500 g/mol. The van der Waals surface area contributed by atoms with Crippen molar-refractivity contribution in [3.8, 4) is 40.2 Å². The lowest BCUT2D eigenvalue weighted by Crippen LogP contribution is -2.28. The molecule has 0 bridgehead atoms. The van der Waals surface area contributed by atoms with Crippen LogP contribution in [0.3, 0.4) is 0 Å². The highest BCUT2D eigenvalue weighted by molar-refractivity contribution is 5.98. The van der Waals surface area contributed by atoms with Crippen molar-refractivity contribution in [2.75, 3.05) is 0 Å². The van der Waals surface area contributed by atoms with Gasteiger partial charge in [0.25, 0.3) is 0 Å². The summed E-state index contributed by atoms with van der Waals surface area (Å²) in [6, 6.07) is 33.2. The Hall–Kier alpha value is -4.36. The van der Waals surface area contributed by atoms with Crippen LogP contribution in [0.25, 0.3) is 44.9 Å². The number of hydrogen-bond acceptors (Lipinski definition) is 4. The summed E-state index contributed by atoms with van der Waals surface area (Å²) >= 11 is 0. The van der Waals surface area contributed by atoms with E-state index in [0.29, 0.717) is 23.0 Å². The highest BCUT2D eigenvalue weighted by Crippen LogP contribution is 2.45. The number of fused-ring (bicyclic) bond motifs is 1. The van der Waals surface area contributed by atoms with E-state index in [1.807, 2.05) is 66.7 Å². The first-order valence-electron chi connectivity index (χ1n) is 14.8. The maximum atomic E-state index is 9.69. The molecule has 6 rings (SSSR count). The minimum absolute atomic E-state index is 0.217. The van der Waals surface area contributed by atoms with Gasteiger partial charge in [-0.25, -0.2) is 15.0 Å². The molecule has 1 unspecified atom stereocenters. The average molecular weight is 537 g/mol. The summed E-state index contributed by atoms with van der Waals surface area (Å²) < 4.78 is 0. The topological polar surface area (TPSA) is 62.5 Å². The largest absolute Gasteiger partial charge is 0.208 e. The molecule has 1 fully saturated rings. The SMILES string of the molecule is CCC1(c2ccc(-c3nc(-c4ccccc4)nc(-c4ccc(C#N)c5ccccc45)n3)cc2)C[C@H](C)CC[C@H](C)C1. The van der Waals surface area contributed by atoms with Crippen molar-refractivity contribution in [3.05, 3.63) is 102 Å². The van der Waals surface area contributed by atoms with Crippen LogP contribution in [0.2, 0.25) is 0 Å². The molecule has 1 saturated carbocycles. The van der Waals surface area contributed by atoms with E-state index in [0.717, 1.165) is 45.7 Å². The molecule has 1 aliphatic rings. The van der Waals surface area contributed by atoms with Gasteiger partial charge in [0.05, 0.1) is 11.6 Å². The van der Waals surface area contributed by atoms with E-state index in [1.54, 1.807) is 0 Å². The first-order chi connectivity index (χ1) is 20.0. The van der Waals surface area contributed by atoms with Gasteiger partial charge in [-0.15, -0.1) is 0 Å². The monoisotopic (exact) mass is 536 g/mol. The molecule has 0 spiro atoms. The Kier molecular flexibility index (Phi) is 7.37. The summed E-state index contributed by atoms with van der Waals surface area (Å²) in [7, 11) is 0. The molecule has 204 valence electrons. The van der Waals surface area contributed by atoms with Crippen molar-refractivity contribution in [1.29, 1.82) is 5.26 Å². The predicted octanol–water partition coefficient (Wildman–Crippen LogP) is 9.39. The number of rotatable bonds is 5. The van der Waals surface area contributed by atoms with Gasteiger partial charge in [-0.2, -0.15) is 5.26 Å². The van der Waals surface area contributed by atoms with Crippen LogP contribution in [0.15, 0.2) is 91.0 Å². The lowest BCUT2D eigenvalue weighted by Gasteiger charge is -2.35. The van der Waals surface area contributed by atoms with E-state index < -0.39 is 0 Å². The number of hydrogen-bond donors (Lipinski definition) is 0. The van der Waals surface area contributed by atoms with Gasteiger partial charge in [0.15, 0.2) is 17.5 Å². The maximum absolute atomic E-state index is 9.69. The number of nitrogens with zero attached hydrogens (tertiary/aromatic N) is 4. The van der Waals surface area contributed by atoms with Crippen molar-refractivity contribution in [1.82, 2.24) is 15.0 Å². The quantitative estimate of drug-likeness (QED) is 0.210. The van der Waals surface area contributed by atoms with E-state index in [2.05, 4.69) is 51.1 Å². The summed E-state index contributed by atoms with van der Waals surface area (Å²) in [6.07, 6.45) is 6.28. The molecular formula is C37H36N4. The van der Waals surface area contributed by atoms with E-state index in [-0.39, 0.29) is 5.41 Å². The lowest BCUT2D eigenvalue weighted by molar-refractivity contribution is 0.295. The standard InChI is InChI=1S/C37H36N4/c1-4-37(22-25(2)14-15-26(3)23-37)30-19-16-28(17-20-30)35-39-34(27-10-6-5-7-11-27)40-36(41-35)33-21-18-29(24-38)31-12-8-9-13-32(31)33/h5-13,16-21,25-26H,4,14-15,22-23H2,1-3H3/t25-,26+,37?. The molecule has 4 nitrogen and oxygen atoms in total. The van der Waals surface area contributed by atoms with Crippen LogP contribution in [0.4, 0.5) is 0 Å². The summed E-state index contributed by atoms with van der Waals surface area (Å²) in [5, 5.41) is 11.5. The van der Waals surface area contributed by atoms with Gasteiger partial charge in [0.1, 0.15) is 0 Å². The van der Waals surface area contributed by atoms with Crippen LogP contribution in [-0.2, 0) is 5.41 Å². The first kappa shape index (κ1) is 26.8. The zero-order valence-electron chi connectivity index (χ0n) is 24.1. The molecule has 4 heteroatoms. The second-order valence-electron chi connectivity index (χ2n) is 11.9. The molecule has 3 atom stereocenters. The Morgan fingerprint density at radius 1 is 0.683 bits per heavy atom. The molecule has 1 aliphatic carbocycles. The van der Waals surface area contributed by atoms with E-state index >= 15 is 0 Å². The van der Waals surface area contributed by atoms with E-state index in [1.165, 1.54) is 31.2 Å². The van der Waals surface area contributed by atoms with Crippen molar-refractivity contribution in [2.45, 2.75) is 58.3 Å². The van der Waals surface area contributed by atoms with Crippen molar-refractivity contribution >= 4 is 10.8 Å². The molecule has 1 aromatic heterocycles. The van der Waals surface area contributed by atoms with Crippen LogP contribution in [0.5, 0.6) is 0 Å². The Morgan fingerprint density at radius 3 is 1.85 bits per heavy atom. The maximum Gasteiger partial charge on any atom is 0.164 e. The van der Waals surface area contributed by atoms with Crippen LogP contribution < -0.4 is 0 Å². The first-order valence-corrected chi connectivity index (χ1v) is 14.8. The summed E-state index contributed by atoms with van der Waals surface area (Å²) in [5.74, 6) is 3.37. The van der Waals surface area contributed by atoms with Gasteiger partial charge in [-0.3, -0.25) is 0 Å². The summed E-state index contributed by atoms with van der Waals surface area (Å²) in [6.45, 7) is 7.19. The fourth-order valence-electron chi connectivity index (χ4n) is 6.83. The number of aromatic nitrogens is 3. The Morgan fingerprint density at radius 2 is 1.24 bits per heavy atom. The van der Waals surface area contributed by atoms with Crippen LogP contribution in [0, 0.1) is 23.2 Å². The molecule has 0 radical (unpaired) electrons.